The monoisotopic (exact) mass is 366 g/mol. The molecule has 0 amide bonds. The number of hydrogen-bond donors (Lipinski definition) is 2. The van der Waals surface area contributed by atoms with Crippen LogP contribution in [-0.2, 0) is 22.9 Å². The van der Waals surface area contributed by atoms with Crippen LogP contribution in [0.4, 0.5) is 0 Å². The van der Waals surface area contributed by atoms with Gasteiger partial charge in [0.15, 0.2) is 13.9 Å². The summed E-state index contributed by atoms with van der Waals surface area (Å²) in [7, 11) is -2.41. The third-order valence-electron chi connectivity index (χ3n) is 3.47. The van der Waals surface area contributed by atoms with Gasteiger partial charge in [-0.05, 0) is 45.1 Å². The first kappa shape index (κ1) is 22.3. The normalized spacial score (nSPS) is 17.3. The van der Waals surface area contributed by atoms with Gasteiger partial charge in [0.05, 0.1) is 6.42 Å². The average Bonchev–Trinajstić information content (AvgIpc) is 2.40. The number of carboxylic acid groups (broad SMARTS) is 2. The van der Waals surface area contributed by atoms with E-state index in [2.05, 4.69) is 19.6 Å². The Hall–Kier alpha value is -0.746. The van der Waals surface area contributed by atoms with Crippen molar-refractivity contribution in [3.8, 4) is 0 Å². The van der Waals surface area contributed by atoms with Crippen LogP contribution in [0, 0.1) is 0 Å². The molecule has 0 fully saturated rings. The second-order valence-corrected chi connectivity index (χ2v) is 15.2. The topological polar surface area (TPSA) is 102 Å². The van der Waals surface area contributed by atoms with Gasteiger partial charge in [0.25, 0.3) is 0 Å². The summed E-state index contributed by atoms with van der Waals surface area (Å²) in [6, 6.07) is 1.49. The number of ether oxygens (including phenoxy) is 1. The molecule has 0 bridgehead atoms. The van der Waals surface area contributed by atoms with E-state index in [1.54, 1.807) is 7.11 Å². The van der Waals surface area contributed by atoms with Crippen molar-refractivity contribution < 1.29 is 33.1 Å². The molecule has 23 heavy (non-hydrogen) atoms. The van der Waals surface area contributed by atoms with E-state index in [0.717, 1.165) is 6.04 Å². The van der Waals surface area contributed by atoms with Gasteiger partial charge in [-0.15, -0.1) is 0 Å². The van der Waals surface area contributed by atoms with Crippen LogP contribution in [0.15, 0.2) is 0 Å². The van der Waals surface area contributed by atoms with Gasteiger partial charge >= 0.3 is 20.5 Å². The van der Waals surface area contributed by atoms with Gasteiger partial charge in [0.2, 0.25) is 0 Å². The molecule has 0 saturated heterocycles. The predicted molar refractivity (Wildman–Crippen MR) is 91.3 cm³/mol. The van der Waals surface area contributed by atoms with Crippen molar-refractivity contribution in [2.24, 2.45) is 0 Å². The Morgan fingerprint density at radius 2 is 1.74 bits per heavy atom. The minimum absolute atomic E-state index is 0.156. The lowest BCUT2D eigenvalue weighted by atomic mass is 10.0. The Balaban J connectivity index is 4.65. The molecule has 2 unspecified atom stereocenters. The zero-order valence-electron chi connectivity index (χ0n) is 15.0. The summed E-state index contributed by atoms with van der Waals surface area (Å²) in [6.07, 6.45) is -0.00473. The molecule has 0 heterocycles. The molecule has 0 radical (unpaired) electrons. The summed E-state index contributed by atoms with van der Waals surface area (Å²) >= 11 is 0. The van der Waals surface area contributed by atoms with Crippen LogP contribution in [0.2, 0.25) is 31.7 Å². The Bertz CT molecular complexity index is 404. The molecule has 0 aromatic heterocycles. The number of rotatable bonds is 12. The van der Waals surface area contributed by atoms with E-state index in [4.69, 9.17) is 23.5 Å². The molecule has 2 atom stereocenters. The van der Waals surface area contributed by atoms with Crippen molar-refractivity contribution in [2.75, 3.05) is 13.7 Å². The van der Waals surface area contributed by atoms with E-state index in [9.17, 15) is 9.59 Å². The van der Waals surface area contributed by atoms with Crippen LogP contribution in [0.5, 0.6) is 0 Å². The maximum absolute atomic E-state index is 11.2. The molecule has 2 N–H and O–H groups in total. The summed E-state index contributed by atoms with van der Waals surface area (Å²) in [4.78, 5) is 22.0. The second-order valence-electron chi connectivity index (χ2n) is 6.74. The molecule has 0 rings (SSSR count). The zero-order chi connectivity index (χ0) is 18.3. The molecule has 0 aromatic rings. The van der Waals surface area contributed by atoms with E-state index < -0.39 is 40.8 Å². The molecule has 0 aromatic carbocycles. The van der Waals surface area contributed by atoms with E-state index in [0.29, 0.717) is 12.5 Å². The highest BCUT2D eigenvalue weighted by atomic mass is 28.4. The first-order valence-electron chi connectivity index (χ1n) is 7.74. The molecule has 0 saturated carbocycles. The number of carboxylic acids is 2. The van der Waals surface area contributed by atoms with Crippen LogP contribution in [0.1, 0.15) is 26.7 Å². The van der Waals surface area contributed by atoms with Crippen LogP contribution in [0.25, 0.3) is 0 Å². The maximum atomic E-state index is 11.2. The quantitative estimate of drug-likeness (QED) is 0.404. The molecule has 9 heteroatoms. The summed E-state index contributed by atoms with van der Waals surface area (Å²) in [5, 5.41) is 18.0. The largest absolute Gasteiger partial charge is 0.481 e. The maximum Gasteiger partial charge on any atom is 0.336 e. The summed E-state index contributed by atoms with van der Waals surface area (Å²) < 4.78 is 17.3. The summed E-state index contributed by atoms with van der Waals surface area (Å²) in [5.41, 5.74) is -1.71. The summed E-state index contributed by atoms with van der Waals surface area (Å²) in [5.74, 6) is -2.48. The average molecular weight is 367 g/mol. The van der Waals surface area contributed by atoms with Crippen LogP contribution >= 0.6 is 0 Å². The fraction of sp³-hybridized carbons (Fsp3) is 0.857. The first-order valence-corrected chi connectivity index (χ1v) is 13.4. The van der Waals surface area contributed by atoms with Crippen molar-refractivity contribution in [3.05, 3.63) is 0 Å². The van der Waals surface area contributed by atoms with Gasteiger partial charge in [0, 0.05) is 13.7 Å². The van der Waals surface area contributed by atoms with Crippen LogP contribution in [0.3, 0.4) is 0 Å². The van der Waals surface area contributed by atoms with E-state index >= 15 is 0 Å². The molecule has 136 valence electrons. The molecule has 0 aliphatic rings. The molecule has 0 aliphatic carbocycles. The lowest BCUT2D eigenvalue weighted by Gasteiger charge is -2.35. The van der Waals surface area contributed by atoms with Gasteiger partial charge in [0.1, 0.15) is 0 Å². The number of carbonyl (C=O) groups is 2. The van der Waals surface area contributed by atoms with Crippen molar-refractivity contribution in [3.63, 3.8) is 0 Å². The highest BCUT2D eigenvalue weighted by Gasteiger charge is 2.40. The van der Waals surface area contributed by atoms with Gasteiger partial charge in [-0.1, -0.05) is 6.92 Å². The molecular weight excluding hydrogens is 336 g/mol. The number of aliphatic carboxylic acids is 2. The van der Waals surface area contributed by atoms with E-state index in [1.165, 1.54) is 6.92 Å². The minimum Gasteiger partial charge on any atom is -0.481 e. The molecule has 0 aliphatic heterocycles. The standard InChI is InChI=1S/C14H30O7Si2/c1-7-23(19-3,21-22(4,5)6)10-8-9-20-14(2,13(17)18)11-12(15)16/h7-11H2,1-6H3,(H,15,16)(H,17,18). The molecular formula is C14H30O7Si2. The fourth-order valence-electron chi connectivity index (χ4n) is 2.26. The smallest absolute Gasteiger partial charge is 0.336 e. The lowest BCUT2D eigenvalue weighted by Crippen LogP contribution is -2.48. The highest BCUT2D eigenvalue weighted by molar-refractivity contribution is 6.82. The third kappa shape index (κ3) is 8.07. The van der Waals surface area contributed by atoms with Crippen LogP contribution < -0.4 is 0 Å². The summed E-state index contributed by atoms with van der Waals surface area (Å²) in [6.45, 7) is 9.78. The van der Waals surface area contributed by atoms with Crippen molar-refractivity contribution in [1.29, 1.82) is 0 Å². The van der Waals surface area contributed by atoms with Gasteiger partial charge in [-0.25, -0.2) is 4.79 Å². The van der Waals surface area contributed by atoms with Crippen molar-refractivity contribution in [1.82, 2.24) is 0 Å². The minimum atomic E-state index is -2.32. The van der Waals surface area contributed by atoms with Gasteiger partial charge in [-0.3, -0.25) is 4.79 Å². The highest BCUT2D eigenvalue weighted by Crippen LogP contribution is 2.25. The molecule has 0 spiro atoms. The Morgan fingerprint density at radius 1 is 1.17 bits per heavy atom. The van der Waals surface area contributed by atoms with E-state index in [1.807, 2.05) is 6.92 Å². The Morgan fingerprint density at radius 3 is 2.09 bits per heavy atom. The lowest BCUT2D eigenvalue weighted by molar-refractivity contribution is -0.170. The first-order chi connectivity index (χ1) is 10.4. The Labute approximate surface area is 140 Å². The van der Waals surface area contributed by atoms with Gasteiger partial charge < -0.3 is 23.5 Å². The van der Waals surface area contributed by atoms with E-state index in [-0.39, 0.29) is 6.61 Å². The predicted octanol–water partition coefficient (Wildman–Crippen LogP) is 2.67. The SMILES string of the molecule is CC[Si](CCCOC(C)(CC(=O)O)C(=O)O)(OC)O[Si](C)(C)C. The van der Waals surface area contributed by atoms with Crippen molar-refractivity contribution >= 4 is 28.8 Å². The fourth-order valence-corrected chi connectivity index (χ4v) is 9.57. The Kier molecular flexibility index (Phi) is 8.64. The third-order valence-corrected chi connectivity index (χ3v) is 10.3. The van der Waals surface area contributed by atoms with Gasteiger partial charge in [-0.2, -0.15) is 0 Å². The molecule has 7 nitrogen and oxygen atoms in total. The van der Waals surface area contributed by atoms with Crippen molar-refractivity contribution in [2.45, 2.75) is 64.0 Å². The zero-order valence-corrected chi connectivity index (χ0v) is 17.0. The van der Waals surface area contributed by atoms with Crippen LogP contribution in [-0.4, -0.2) is 58.3 Å². The second kappa shape index (κ2) is 8.93. The number of hydrogen-bond acceptors (Lipinski definition) is 5.